The maximum Gasteiger partial charge on any atom is 0.326 e. The molecule has 1 aromatic carbocycles. The number of likely N-dealkylation sites (tertiary alicyclic amines) is 1. The van der Waals surface area contributed by atoms with Gasteiger partial charge in [-0.1, -0.05) is 12.8 Å². The van der Waals surface area contributed by atoms with Crippen molar-refractivity contribution in [3.8, 4) is 0 Å². The third-order valence-electron chi connectivity index (χ3n) is 5.84. The van der Waals surface area contributed by atoms with Crippen LogP contribution in [0.5, 0.6) is 0 Å². The van der Waals surface area contributed by atoms with Crippen molar-refractivity contribution in [1.29, 1.82) is 0 Å². The monoisotopic (exact) mass is 342 g/mol. The Morgan fingerprint density at radius 1 is 1.16 bits per heavy atom. The summed E-state index contributed by atoms with van der Waals surface area (Å²) >= 11 is 0. The molecule has 2 aromatic rings. The molecule has 0 atom stereocenters. The van der Waals surface area contributed by atoms with Crippen LogP contribution in [-0.2, 0) is 0 Å². The van der Waals surface area contributed by atoms with E-state index in [4.69, 9.17) is 0 Å². The molecule has 0 bridgehead atoms. The van der Waals surface area contributed by atoms with Crippen LogP contribution in [0.3, 0.4) is 0 Å². The Hall–Kier alpha value is -2.08. The lowest BCUT2D eigenvalue weighted by atomic mass is 10.0. The fourth-order valence-corrected chi connectivity index (χ4v) is 4.34. The summed E-state index contributed by atoms with van der Waals surface area (Å²) in [4.78, 5) is 30.0. The van der Waals surface area contributed by atoms with Crippen LogP contribution in [0.25, 0.3) is 11.0 Å². The fourth-order valence-electron chi connectivity index (χ4n) is 4.34. The average molecular weight is 342 g/mol. The number of nitrogens with zero attached hydrogens (tertiary/aromatic N) is 2. The standard InChI is InChI=1S/C19H26N4O2/c1-20-14-8-10-22(11-9-14)18(24)13-6-7-17-16(12-13)21-19(25)23(17)15-4-2-3-5-15/h6-7,12,14-15,20H,2-5,8-11H2,1H3,(H,21,25). The van der Waals surface area contributed by atoms with E-state index in [1.54, 1.807) is 0 Å². The lowest BCUT2D eigenvalue weighted by molar-refractivity contribution is 0.0707. The second-order valence-electron chi connectivity index (χ2n) is 7.33. The van der Waals surface area contributed by atoms with E-state index in [-0.39, 0.29) is 11.6 Å². The minimum absolute atomic E-state index is 0.0543. The average Bonchev–Trinajstić information content (AvgIpc) is 3.27. The molecular weight excluding hydrogens is 316 g/mol. The van der Waals surface area contributed by atoms with Gasteiger partial charge in [-0.25, -0.2) is 4.79 Å². The first-order valence-corrected chi connectivity index (χ1v) is 9.38. The van der Waals surface area contributed by atoms with Gasteiger partial charge in [-0.15, -0.1) is 0 Å². The first-order chi connectivity index (χ1) is 12.2. The van der Waals surface area contributed by atoms with Gasteiger partial charge in [-0.3, -0.25) is 9.36 Å². The molecule has 0 unspecified atom stereocenters. The second-order valence-corrected chi connectivity index (χ2v) is 7.33. The normalized spacial score (nSPS) is 19.8. The lowest BCUT2D eigenvalue weighted by Crippen LogP contribution is -2.43. The highest BCUT2D eigenvalue weighted by atomic mass is 16.2. The number of carbonyl (C=O) groups is 1. The predicted octanol–water partition coefficient (Wildman–Crippen LogP) is 2.27. The number of hydrogen-bond donors (Lipinski definition) is 2. The second kappa shape index (κ2) is 6.67. The Morgan fingerprint density at radius 2 is 1.88 bits per heavy atom. The van der Waals surface area contributed by atoms with Gasteiger partial charge < -0.3 is 15.2 Å². The predicted molar refractivity (Wildman–Crippen MR) is 98.0 cm³/mol. The molecule has 0 spiro atoms. The number of benzene rings is 1. The van der Waals surface area contributed by atoms with Crippen molar-refractivity contribution in [3.63, 3.8) is 0 Å². The Kier molecular flexibility index (Phi) is 4.37. The van der Waals surface area contributed by atoms with Crippen LogP contribution in [0.15, 0.2) is 23.0 Å². The molecule has 1 saturated carbocycles. The largest absolute Gasteiger partial charge is 0.339 e. The maximum atomic E-state index is 12.8. The zero-order chi connectivity index (χ0) is 17.4. The molecule has 1 amide bonds. The summed E-state index contributed by atoms with van der Waals surface area (Å²) in [5.74, 6) is 0.0610. The number of nitrogens with one attached hydrogen (secondary N) is 2. The zero-order valence-electron chi connectivity index (χ0n) is 14.8. The lowest BCUT2D eigenvalue weighted by Gasteiger charge is -2.31. The molecule has 1 aromatic heterocycles. The summed E-state index contributed by atoms with van der Waals surface area (Å²) in [5.41, 5.74) is 2.30. The van der Waals surface area contributed by atoms with Gasteiger partial charge >= 0.3 is 5.69 Å². The van der Waals surface area contributed by atoms with Gasteiger partial charge in [0.25, 0.3) is 5.91 Å². The molecule has 2 aliphatic rings. The number of imidazole rings is 1. The highest BCUT2D eigenvalue weighted by molar-refractivity contribution is 5.97. The summed E-state index contributed by atoms with van der Waals surface area (Å²) in [6, 6.07) is 6.44. The SMILES string of the molecule is CNC1CCN(C(=O)c2ccc3c(c2)[nH]c(=O)n3C2CCCC2)CC1. The van der Waals surface area contributed by atoms with Gasteiger partial charge in [0.05, 0.1) is 11.0 Å². The smallest absolute Gasteiger partial charge is 0.326 e. The summed E-state index contributed by atoms with van der Waals surface area (Å²) < 4.78 is 1.88. The summed E-state index contributed by atoms with van der Waals surface area (Å²) in [6.07, 6.45) is 6.46. The maximum absolute atomic E-state index is 12.8. The van der Waals surface area contributed by atoms with E-state index in [2.05, 4.69) is 10.3 Å². The Bertz CT molecular complexity index is 824. The van der Waals surface area contributed by atoms with Crippen LogP contribution in [0.1, 0.15) is 54.9 Å². The van der Waals surface area contributed by atoms with Gasteiger partial charge in [0.15, 0.2) is 0 Å². The van der Waals surface area contributed by atoms with Crippen molar-refractivity contribution in [2.45, 2.75) is 50.6 Å². The number of hydrogen-bond acceptors (Lipinski definition) is 3. The van der Waals surface area contributed by atoms with Crippen LogP contribution < -0.4 is 11.0 Å². The van der Waals surface area contributed by atoms with Crippen molar-refractivity contribution < 1.29 is 4.79 Å². The molecular formula is C19H26N4O2. The van der Waals surface area contributed by atoms with Crippen LogP contribution in [0.2, 0.25) is 0 Å². The minimum Gasteiger partial charge on any atom is -0.339 e. The minimum atomic E-state index is -0.0543. The molecule has 2 fully saturated rings. The topological polar surface area (TPSA) is 70.1 Å². The summed E-state index contributed by atoms with van der Waals surface area (Å²) in [7, 11) is 1.97. The number of H-pyrrole nitrogens is 1. The summed E-state index contributed by atoms with van der Waals surface area (Å²) in [6.45, 7) is 1.56. The third kappa shape index (κ3) is 2.99. The van der Waals surface area contributed by atoms with E-state index in [0.29, 0.717) is 17.6 Å². The first-order valence-electron chi connectivity index (χ1n) is 9.38. The number of amides is 1. The quantitative estimate of drug-likeness (QED) is 0.899. The van der Waals surface area contributed by atoms with E-state index in [1.165, 1.54) is 12.8 Å². The fraction of sp³-hybridized carbons (Fsp3) is 0.579. The van der Waals surface area contributed by atoms with Gasteiger partial charge in [0.2, 0.25) is 0 Å². The van der Waals surface area contributed by atoms with E-state index in [1.807, 2.05) is 34.7 Å². The van der Waals surface area contributed by atoms with Crippen molar-refractivity contribution in [2.24, 2.45) is 0 Å². The molecule has 2 N–H and O–H groups in total. The number of aromatic amines is 1. The van der Waals surface area contributed by atoms with Crippen LogP contribution in [0, 0.1) is 0 Å². The Labute approximate surface area is 147 Å². The van der Waals surface area contributed by atoms with Crippen molar-refractivity contribution in [1.82, 2.24) is 19.8 Å². The molecule has 4 rings (SSSR count). The molecule has 134 valence electrons. The van der Waals surface area contributed by atoms with Crippen LogP contribution in [-0.4, -0.2) is 46.5 Å². The zero-order valence-corrected chi connectivity index (χ0v) is 14.8. The van der Waals surface area contributed by atoms with E-state index in [0.717, 1.165) is 49.8 Å². The van der Waals surface area contributed by atoms with E-state index >= 15 is 0 Å². The van der Waals surface area contributed by atoms with E-state index < -0.39 is 0 Å². The highest BCUT2D eigenvalue weighted by Gasteiger charge is 2.24. The van der Waals surface area contributed by atoms with Crippen molar-refractivity contribution in [3.05, 3.63) is 34.2 Å². The number of aromatic nitrogens is 2. The first kappa shape index (κ1) is 16.4. The molecule has 1 aliphatic heterocycles. The van der Waals surface area contributed by atoms with Gasteiger partial charge in [0, 0.05) is 30.7 Å². The number of piperidine rings is 1. The molecule has 1 aliphatic carbocycles. The number of fused-ring (bicyclic) bond motifs is 1. The van der Waals surface area contributed by atoms with Crippen LogP contribution >= 0.6 is 0 Å². The third-order valence-corrected chi connectivity index (χ3v) is 5.84. The molecule has 0 radical (unpaired) electrons. The van der Waals surface area contributed by atoms with Crippen LogP contribution in [0.4, 0.5) is 0 Å². The molecule has 25 heavy (non-hydrogen) atoms. The highest BCUT2D eigenvalue weighted by Crippen LogP contribution is 2.30. The Morgan fingerprint density at radius 3 is 2.56 bits per heavy atom. The molecule has 1 saturated heterocycles. The molecule has 6 heteroatoms. The number of rotatable bonds is 3. The Balaban J connectivity index is 1.59. The van der Waals surface area contributed by atoms with Gasteiger partial charge in [0.1, 0.15) is 0 Å². The van der Waals surface area contributed by atoms with Crippen molar-refractivity contribution in [2.75, 3.05) is 20.1 Å². The van der Waals surface area contributed by atoms with Gasteiger partial charge in [-0.2, -0.15) is 0 Å². The number of carbonyl (C=O) groups excluding carboxylic acids is 1. The molecule has 2 heterocycles. The van der Waals surface area contributed by atoms with Crippen molar-refractivity contribution >= 4 is 16.9 Å². The summed E-state index contributed by atoms with van der Waals surface area (Å²) in [5, 5.41) is 3.28. The molecule has 6 nitrogen and oxygen atoms in total. The van der Waals surface area contributed by atoms with E-state index in [9.17, 15) is 9.59 Å². The van der Waals surface area contributed by atoms with Gasteiger partial charge in [-0.05, 0) is 50.9 Å².